The van der Waals surface area contributed by atoms with Gasteiger partial charge in [-0.15, -0.1) is 0 Å². The van der Waals surface area contributed by atoms with Gasteiger partial charge in [-0.2, -0.15) is 5.26 Å². The van der Waals surface area contributed by atoms with Crippen molar-refractivity contribution >= 4 is 0 Å². The van der Waals surface area contributed by atoms with E-state index in [0.29, 0.717) is 11.3 Å². The summed E-state index contributed by atoms with van der Waals surface area (Å²) in [6.45, 7) is 5.89. The highest BCUT2D eigenvalue weighted by atomic mass is 16.5. The van der Waals surface area contributed by atoms with Crippen molar-refractivity contribution in [2.75, 3.05) is 6.54 Å². The second kappa shape index (κ2) is 7.47. The molecule has 0 saturated carbocycles. The van der Waals surface area contributed by atoms with Gasteiger partial charge in [-0.1, -0.05) is 25.1 Å². The zero-order valence-electron chi connectivity index (χ0n) is 12.5. The quantitative estimate of drug-likeness (QED) is 0.808. The lowest BCUT2D eigenvalue weighted by Crippen LogP contribution is -2.13. The van der Waals surface area contributed by atoms with Crippen molar-refractivity contribution in [1.29, 1.82) is 5.26 Å². The lowest BCUT2D eigenvalue weighted by Gasteiger charge is -2.10. The number of benzene rings is 2. The van der Waals surface area contributed by atoms with Crippen LogP contribution in [0.4, 0.5) is 0 Å². The number of nitriles is 1. The first-order valence-corrected chi connectivity index (χ1v) is 7.21. The van der Waals surface area contributed by atoms with Gasteiger partial charge >= 0.3 is 0 Å². The van der Waals surface area contributed by atoms with Crippen molar-refractivity contribution < 1.29 is 4.74 Å². The van der Waals surface area contributed by atoms with Gasteiger partial charge in [0.1, 0.15) is 17.6 Å². The van der Waals surface area contributed by atoms with Crippen molar-refractivity contribution in [2.45, 2.75) is 26.8 Å². The van der Waals surface area contributed by atoms with Gasteiger partial charge in [-0.25, -0.2) is 0 Å². The molecule has 0 atom stereocenters. The Morgan fingerprint density at radius 1 is 1.19 bits per heavy atom. The van der Waals surface area contributed by atoms with Gasteiger partial charge in [0.05, 0.1) is 5.56 Å². The Morgan fingerprint density at radius 2 is 2.05 bits per heavy atom. The maximum absolute atomic E-state index is 9.30. The number of hydrogen-bond acceptors (Lipinski definition) is 3. The molecule has 2 aromatic carbocycles. The molecule has 0 aromatic heterocycles. The first-order chi connectivity index (χ1) is 10.2. The van der Waals surface area contributed by atoms with Crippen molar-refractivity contribution in [1.82, 2.24) is 5.32 Å². The molecule has 3 heteroatoms. The average Bonchev–Trinajstić information content (AvgIpc) is 2.49. The molecule has 2 rings (SSSR count). The molecule has 0 bridgehead atoms. The standard InChI is InChI=1S/C18H20N2O/c1-3-9-20-13-15-7-8-18(16(11-15)12-19)21-17-6-4-5-14(2)10-17/h4-8,10-11,20H,3,9,13H2,1-2H3. The van der Waals surface area contributed by atoms with Gasteiger partial charge in [0, 0.05) is 6.54 Å². The molecule has 0 aliphatic carbocycles. The molecule has 2 aromatic rings. The van der Waals surface area contributed by atoms with Gasteiger partial charge in [0.15, 0.2) is 0 Å². The summed E-state index contributed by atoms with van der Waals surface area (Å²) >= 11 is 0. The minimum atomic E-state index is 0.562. The fourth-order valence-electron chi connectivity index (χ4n) is 2.08. The summed E-state index contributed by atoms with van der Waals surface area (Å²) in [7, 11) is 0. The normalized spacial score (nSPS) is 10.1. The SMILES string of the molecule is CCCNCc1ccc(Oc2cccc(C)c2)c(C#N)c1. The van der Waals surface area contributed by atoms with Crippen LogP contribution in [0.3, 0.4) is 0 Å². The van der Waals surface area contributed by atoms with E-state index in [1.807, 2.05) is 49.4 Å². The molecule has 0 amide bonds. The van der Waals surface area contributed by atoms with Gasteiger partial charge in [0.25, 0.3) is 0 Å². The van der Waals surface area contributed by atoms with Crippen molar-refractivity contribution in [3.63, 3.8) is 0 Å². The zero-order valence-corrected chi connectivity index (χ0v) is 12.5. The van der Waals surface area contributed by atoms with E-state index in [9.17, 15) is 5.26 Å². The van der Waals surface area contributed by atoms with E-state index in [0.717, 1.165) is 36.4 Å². The lowest BCUT2D eigenvalue weighted by molar-refractivity contribution is 0.480. The third-order valence-electron chi connectivity index (χ3n) is 3.14. The van der Waals surface area contributed by atoms with Crippen LogP contribution in [0.25, 0.3) is 0 Å². The van der Waals surface area contributed by atoms with Gasteiger partial charge < -0.3 is 10.1 Å². The Kier molecular flexibility index (Phi) is 5.36. The molecule has 3 nitrogen and oxygen atoms in total. The number of aryl methyl sites for hydroxylation is 1. The minimum absolute atomic E-state index is 0.562. The summed E-state index contributed by atoms with van der Waals surface area (Å²) in [6.07, 6.45) is 1.10. The monoisotopic (exact) mass is 280 g/mol. The number of nitrogens with one attached hydrogen (secondary N) is 1. The molecular formula is C18H20N2O. The van der Waals surface area contributed by atoms with Gasteiger partial charge in [-0.3, -0.25) is 0 Å². The predicted octanol–water partition coefficient (Wildman–Crippen LogP) is 4.16. The summed E-state index contributed by atoms with van der Waals surface area (Å²) < 4.78 is 5.82. The van der Waals surface area contributed by atoms with Crippen LogP contribution in [0.5, 0.6) is 11.5 Å². The minimum Gasteiger partial charge on any atom is -0.456 e. The van der Waals surface area contributed by atoms with Gasteiger partial charge in [-0.05, 0) is 55.3 Å². The average molecular weight is 280 g/mol. The van der Waals surface area contributed by atoms with Crippen LogP contribution >= 0.6 is 0 Å². The van der Waals surface area contributed by atoms with Crippen molar-refractivity contribution in [3.8, 4) is 17.6 Å². The first kappa shape index (κ1) is 15.1. The van der Waals surface area contributed by atoms with Crippen LogP contribution < -0.4 is 10.1 Å². The number of rotatable bonds is 6. The van der Waals surface area contributed by atoms with E-state index in [1.165, 1.54) is 0 Å². The second-order valence-electron chi connectivity index (χ2n) is 5.04. The third-order valence-corrected chi connectivity index (χ3v) is 3.14. The van der Waals surface area contributed by atoms with E-state index >= 15 is 0 Å². The number of nitrogens with zero attached hydrogens (tertiary/aromatic N) is 1. The largest absolute Gasteiger partial charge is 0.456 e. The van der Waals surface area contributed by atoms with Crippen LogP contribution in [0.15, 0.2) is 42.5 Å². The summed E-state index contributed by atoms with van der Waals surface area (Å²) in [4.78, 5) is 0. The molecule has 0 spiro atoms. The van der Waals surface area contributed by atoms with E-state index < -0.39 is 0 Å². The summed E-state index contributed by atoms with van der Waals surface area (Å²) in [5, 5.41) is 12.6. The van der Waals surface area contributed by atoms with Gasteiger partial charge in [0.2, 0.25) is 0 Å². The Bertz CT molecular complexity index is 644. The summed E-state index contributed by atoms with van der Waals surface area (Å²) in [5.41, 5.74) is 2.79. The second-order valence-corrected chi connectivity index (χ2v) is 5.04. The molecule has 0 radical (unpaired) electrons. The Morgan fingerprint density at radius 3 is 2.76 bits per heavy atom. The Labute approximate surface area is 126 Å². The Balaban J connectivity index is 2.15. The van der Waals surface area contributed by atoms with Crippen LogP contribution in [0.2, 0.25) is 0 Å². The third kappa shape index (κ3) is 4.34. The number of hydrogen-bond donors (Lipinski definition) is 1. The molecule has 0 fully saturated rings. The zero-order chi connectivity index (χ0) is 15.1. The molecule has 1 N–H and O–H groups in total. The molecule has 108 valence electrons. The van der Waals surface area contributed by atoms with E-state index in [1.54, 1.807) is 0 Å². The highest BCUT2D eigenvalue weighted by molar-refractivity contribution is 5.47. The predicted molar refractivity (Wildman–Crippen MR) is 84.4 cm³/mol. The van der Waals surface area contributed by atoms with Crippen LogP contribution in [-0.4, -0.2) is 6.54 Å². The maximum atomic E-state index is 9.30. The molecule has 0 aliphatic heterocycles. The lowest BCUT2D eigenvalue weighted by atomic mass is 10.1. The maximum Gasteiger partial charge on any atom is 0.145 e. The van der Waals surface area contributed by atoms with Crippen molar-refractivity contribution in [2.24, 2.45) is 0 Å². The smallest absolute Gasteiger partial charge is 0.145 e. The van der Waals surface area contributed by atoms with Crippen LogP contribution in [0.1, 0.15) is 30.0 Å². The summed E-state index contributed by atoms with van der Waals surface area (Å²) in [6, 6.07) is 15.8. The van der Waals surface area contributed by atoms with Crippen LogP contribution in [-0.2, 0) is 6.54 Å². The van der Waals surface area contributed by atoms with Crippen LogP contribution in [0, 0.1) is 18.3 Å². The molecule has 0 heterocycles. The van der Waals surface area contributed by atoms with E-state index in [4.69, 9.17) is 4.74 Å². The molecule has 0 unspecified atom stereocenters. The summed E-state index contributed by atoms with van der Waals surface area (Å²) in [5.74, 6) is 1.35. The van der Waals surface area contributed by atoms with E-state index in [-0.39, 0.29) is 0 Å². The molecule has 0 aliphatic rings. The van der Waals surface area contributed by atoms with E-state index in [2.05, 4.69) is 18.3 Å². The number of ether oxygens (including phenoxy) is 1. The highest BCUT2D eigenvalue weighted by Gasteiger charge is 2.06. The Hall–Kier alpha value is -2.31. The molecule has 21 heavy (non-hydrogen) atoms. The topological polar surface area (TPSA) is 45.0 Å². The fraction of sp³-hybridized carbons (Fsp3) is 0.278. The molecule has 0 saturated heterocycles. The first-order valence-electron chi connectivity index (χ1n) is 7.21. The van der Waals surface area contributed by atoms with Crippen molar-refractivity contribution in [3.05, 3.63) is 59.2 Å². The highest BCUT2D eigenvalue weighted by Crippen LogP contribution is 2.26. The fourth-order valence-corrected chi connectivity index (χ4v) is 2.08. The molecular weight excluding hydrogens is 260 g/mol.